The fourth-order valence-corrected chi connectivity index (χ4v) is 2.67. The standard InChI is InChI=1S/C20H39N5O3.HI/c1-6-8-11-27-14-15-28-12-9-22-20(21-7-2)23-16-19-17(3)24-25(18(19)4)10-13-26-5;/h6-16H2,1-5H3,(H2,21,22,23);1H. The smallest absolute Gasteiger partial charge is 0.191 e. The lowest BCUT2D eigenvalue weighted by molar-refractivity contribution is 0.0487. The van der Waals surface area contributed by atoms with Crippen LogP contribution in [0.5, 0.6) is 0 Å². The Morgan fingerprint density at radius 3 is 2.41 bits per heavy atom. The molecule has 1 rings (SSSR count). The van der Waals surface area contributed by atoms with Gasteiger partial charge < -0.3 is 24.8 Å². The molecule has 0 saturated carbocycles. The van der Waals surface area contributed by atoms with Gasteiger partial charge >= 0.3 is 0 Å². The summed E-state index contributed by atoms with van der Waals surface area (Å²) in [5.74, 6) is 0.786. The van der Waals surface area contributed by atoms with Gasteiger partial charge in [-0.2, -0.15) is 5.10 Å². The van der Waals surface area contributed by atoms with Gasteiger partial charge in [-0.25, -0.2) is 4.99 Å². The number of rotatable bonds is 15. The molecule has 0 aliphatic heterocycles. The summed E-state index contributed by atoms with van der Waals surface area (Å²) in [6.45, 7) is 14.5. The predicted molar refractivity (Wildman–Crippen MR) is 128 cm³/mol. The van der Waals surface area contributed by atoms with Crippen molar-refractivity contribution in [2.75, 3.05) is 53.2 Å². The minimum Gasteiger partial charge on any atom is -0.383 e. The zero-order valence-electron chi connectivity index (χ0n) is 18.8. The molecule has 9 heteroatoms. The molecule has 0 saturated heterocycles. The number of unbranched alkanes of at least 4 members (excludes halogenated alkanes) is 1. The highest BCUT2D eigenvalue weighted by Gasteiger charge is 2.11. The van der Waals surface area contributed by atoms with Crippen LogP contribution < -0.4 is 10.6 Å². The third-order valence-electron chi connectivity index (χ3n) is 4.33. The number of aryl methyl sites for hydroxylation is 1. The molecule has 0 aromatic carbocycles. The Bertz CT molecular complexity index is 567. The number of nitrogens with zero attached hydrogens (tertiary/aromatic N) is 3. The summed E-state index contributed by atoms with van der Waals surface area (Å²) in [7, 11) is 1.70. The molecule has 0 bridgehead atoms. The minimum atomic E-state index is 0. The van der Waals surface area contributed by atoms with E-state index in [1.807, 2.05) is 11.6 Å². The Morgan fingerprint density at radius 1 is 1.03 bits per heavy atom. The Morgan fingerprint density at radius 2 is 1.76 bits per heavy atom. The van der Waals surface area contributed by atoms with Crippen LogP contribution in [-0.4, -0.2) is 69.0 Å². The third-order valence-corrected chi connectivity index (χ3v) is 4.33. The molecule has 2 N–H and O–H groups in total. The van der Waals surface area contributed by atoms with Crippen LogP contribution in [0.3, 0.4) is 0 Å². The Balaban J connectivity index is 0.00000784. The molecule has 0 amide bonds. The zero-order chi connectivity index (χ0) is 20.6. The van der Waals surface area contributed by atoms with Crippen LogP contribution in [0.1, 0.15) is 43.6 Å². The number of halogens is 1. The van der Waals surface area contributed by atoms with Crippen molar-refractivity contribution < 1.29 is 14.2 Å². The number of hydrogen-bond donors (Lipinski definition) is 2. The normalized spacial score (nSPS) is 11.4. The monoisotopic (exact) mass is 525 g/mol. The maximum Gasteiger partial charge on any atom is 0.191 e. The average Bonchev–Trinajstić information content (AvgIpc) is 2.96. The Hall–Kier alpha value is -0.910. The van der Waals surface area contributed by atoms with Crippen molar-refractivity contribution in [2.45, 2.75) is 53.6 Å². The highest BCUT2D eigenvalue weighted by molar-refractivity contribution is 14.0. The van der Waals surface area contributed by atoms with Gasteiger partial charge in [0, 0.05) is 38.1 Å². The Kier molecular flexibility index (Phi) is 17.3. The van der Waals surface area contributed by atoms with Gasteiger partial charge in [-0.05, 0) is 27.2 Å². The van der Waals surface area contributed by atoms with Crippen molar-refractivity contribution in [3.05, 3.63) is 17.0 Å². The number of methoxy groups -OCH3 is 1. The molecule has 1 heterocycles. The summed E-state index contributed by atoms with van der Waals surface area (Å²) < 4.78 is 18.2. The molecule has 1 aromatic rings. The summed E-state index contributed by atoms with van der Waals surface area (Å²) in [4.78, 5) is 4.70. The van der Waals surface area contributed by atoms with E-state index in [9.17, 15) is 0 Å². The molecular weight excluding hydrogens is 485 g/mol. The van der Waals surface area contributed by atoms with Crippen LogP contribution in [0.2, 0.25) is 0 Å². The molecule has 0 radical (unpaired) electrons. The van der Waals surface area contributed by atoms with E-state index < -0.39 is 0 Å². The SMILES string of the molecule is CCCCOCCOCCNC(=NCc1c(C)nn(CCOC)c1C)NCC.I. The summed E-state index contributed by atoms with van der Waals surface area (Å²) in [5.41, 5.74) is 3.31. The van der Waals surface area contributed by atoms with Crippen LogP contribution in [0, 0.1) is 13.8 Å². The summed E-state index contributed by atoms with van der Waals surface area (Å²) in [6, 6.07) is 0. The van der Waals surface area contributed by atoms with Gasteiger partial charge in [0.1, 0.15) is 0 Å². The number of ether oxygens (including phenoxy) is 3. The number of aliphatic imine (C=N–C) groups is 1. The molecule has 1 aromatic heterocycles. The van der Waals surface area contributed by atoms with Crippen molar-refractivity contribution >= 4 is 29.9 Å². The van der Waals surface area contributed by atoms with Crippen molar-refractivity contribution in [1.29, 1.82) is 0 Å². The van der Waals surface area contributed by atoms with Crippen molar-refractivity contribution in [3.8, 4) is 0 Å². The van der Waals surface area contributed by atoms with Gasteiger partial charge in [0.15, 0.2) is 5.96 Å². The molecule has 0 atom stereocenters. The first-order valence-corrected chi connectivity index (χ1v) is 10.3. The van der Waals surface area contributed by atoms with Gasteiger partial charge in [0.2, 0.25) is 0 Å². The quantitative estimate of drug-likeness (QED) is 0.159. The van der Waals surface area contributed by atoms with Gasteiger partial charge in [0.25, 0.3) is 0 Å². The molecule has 29 heavy (non-hydrogen) atoms. The third kappa shape index (κ3) is 11.8. The first kappa shape index (κ1) is 28.1. The topological polar surface area (TPSA) is 81.9 Å². The van der Waals surface area contributed by atoms with Crippen molar-refractivity contribution in [2.24, 2.45) is 4.99 Å². The van der Waals surface area contributed by atoms with E-state index in [1.54, 1.807) is 7.11 Å². The van der Waals surface area contributed by atoms with Gasteiger partial charge in [-0.15, -0.1) is 24.0 Å². The van der Waals surface area contributed by atoms with Crippen molar-refractivity contribution in [3.63, 3.8) is 0 Å². The number of nitrogens with one attached hydrogen (secondary N) is 2. The number of hydrogen-bond acceptors (Lipinski definition) is 5. The van der Waals surface area contributed by atoms with Crippen LogP contribution >= 0.6 is 24.0 Å². The number of guanidine groups is 1. The lowest BCUT2D eigenvalue weighted by Crippen LogP contribution is -2.39. The summed E-state index contributed by atoms with van der Waals surface area (Å²) in [5, 5.41) is 11.2. The first-order valence-electron chi connectivity index (χ1n) is 10.3. The molecule has 0 aliphatic carbocycles. The van der Waals surface area contributed by atoms with Crippen LogP contribution in [-0.2, 0) is 27.3 Å². The van der Waals surface area contributed by atoms with Crippen LogP contribution in [0.15, 0.2) is 4.99 Å². The lowest BCUT2D eigenvalue weighted by atomic mass is 10.2. The largest absolute Gasteiger partial charge is 0.383 e. The fourth-order valence-electron chi connectivity index (χ4n) is 2.67. The molecule has 170 valence electrons. The van der Waals surface area contributed by atoms with Gasteiger partial charge in [0.05, 0.1) is 45.2 Å². The van der Waals surface area contributed by atoms with Crippen LogP contribution in [0.4, 0.5) is 0 Å². The molecule has 8 nitrogen and oxygen atoms in total. The molecule has 0 unspecified atom stereocenters. The zero-order valence-corrected chi connectivity index (χ0v) is 21.1. The maximum atomic E-state index is 5.59. The van der Waals surface area contributed by atoms with E-state index in [1.165, 1.54) is 0 Å². The second kappa shape index (κ2) is 17.9. The Labute approximate surface area is 193 Å². The molecule has 0 aliphatic rings. The maximum absolute atomic E-state index is 5.59. The molecular formula is C20H40IN5O3. The van der Waals surface area contributed by atoms with E-state index in [0.717, 1.165) is 55.4 Å². The van der Waals surface area contributed by atoms with Gasteiger partial charge in [-0.1, -0.05) is 13.3 Å². The molecule has 0 fully saturated rings. The van der Waals surface area contributed by atoms with E-state index in [-0.39, 0.29) is 24.0 Å². The average molecular weight is 525 g/mol. The highest BCUT2D eigenvalue weighted by atomic mass is 127. The fraction of sp³-hybridized carbons (Fsp3) is 0.800. The van der Waals surface area contributed by atoms with E-state index in [4.69, 9.17) is 19.2 Å². The van der Waals surface area contributed by atoms with E-state index >= 15 is 0 Å². The van der Waals surface area contributed by atoms with Crippen LogP contribution in [0.25, 0.3) is 0 Å². The highest BCUT2D eigenvalue weighted by Crippen LogP contribution is 2.14. The first-order chi connectivity index (χ1) is 13.6. The lowest BCUT2D eigenvalue weighted by Gasteiger charge is -2.12. The summed E-state index contributed by atoms with van der Waals surface area (Å²) >= 11 is 0. The predicted octanol–water partition coefficient (Wildman–Crippen LogP) is 2.65. The minimum absolute atomic E-state index is 0. The van der Waals surface area contributed by atoms with E-state index in [2.05, 4.69) is 36.5 Å². The van der Waals surface area contributed by atoms with Gasteiger partial charge in [-0.3, -0.25) is 4.68 Å². The second-order valence-corrected chi connectivity index (χ2v) is 6.57. The van der Waals surface area contributed by atoms with Crippen molar-refractivity contribution in [1.82, 2.24) is 20.4 Å². The van der Waals surface area contributed by atoms with E-state index in [0.29, 0.717) is 39.5 Å². The summed E-state index contributed by atoms with van der Waals surface area (Å²) in [6.07, 6.45) is 2.26. The number of aromatic nitrogens is 2. The second-order valence-electron chi connectivity index (χ2n) is 6.57. The molecule has 0 spiro atoms.